The monoisotopic (exact) mass is 304 g/mol. The summed E-state index contributed by atoms with van der Waals surface area (Å²) in [6, 6.07) is 12.9. The standard InChI is InChI=1S/C16H17FN2OS/c1-20-10-6-7-12(14(17)8-10)16(19-18)13-9-21-15-5-3-2-4-11(13)15/h2-8,13,16,19H,9,18H2,1H3. The van der Waals surface area contributed by atoms with Crippen molar-refractivity contribution >= 4 is 11.8 Å². The summed E-state index contributed by atoms with van der Waals surface area (Å²) in [4.78, 5) is 1.25. The largest absolute Gasteiger partial charge is 0.497 e. The second-order valence-electron chi connectivity index (χ2n) is 4.99. The first kappa shape index (κ1) is 14.4. The van der Waals surface area contributed by atoms with Crippen molar-refractivity contribution in [3.05, 3.63) is 59.4 Å². The molecule has 21 heavy (non-hydrogen) atoms. The summed E-state index contributed by atoms with van der Waals surface area (Å²) in [6.07, 6.45) is 0. The first-order chi connectivity index (χ1) is 10.2. The van der Waals surface area contributed by atoms with E-state index in [0.29, 0.717) is 11.3 Å². The van der Waals surface area contributed by atoms with E-state index >= 15 is 0 Å². The molecule has 0 fully saturated rings. The van der Waals surface area contributed by atoms with Gasteiger partial charge in [-0.05, 0) is 17.7 Å². The number of hydrogen-bond acceptors (Lipinski definition) is 4. The van der Waals surface area contributed by atoms with Gasteiger partial charge in [0.25, 0.3) is 0 Å². The van der Waals surface area contributed by atoms with Crippen LogP contribution in [-0.2, 0) is 0 Å². The third kappa shape index (κ3) is 2.64. The minimum absolute atomic E-state index is 0.152. The number of fused-ring (bicyclic) bond motifs is 1. The van der Waals surface area contributed by atoms with E-state index in [0.717, 1.165) is 5.75 Å². The molecule has 2 aromatic rings. The Morgan fingerprint density at radius 2 is 2.14 bits per heavy atom. The molecule has 0 saturated carbocycles. The Kier molecular flexibility index (Phi) is 4.14. The van der Waals surface area contributed by atoms with Crippen LogP contribution in [0.3, 0.4) is 0 Å². The molecule has 0 spiro atoms. The SMILES string of the molecule is COc1ccc(C(NN)C2CSc3ccccc32)c(F)c1. The molecular weight excluding hydrogens is 287 g/mol. The molecule has 5 heteroatoms. The summed E-state index contributed by atoms with van der Waals surface area (Å²) < 4.78 is 19.4. The number of rotatable bonds is 4. The fourth-order valence-electron chi connectivity index (χ4n) is 2.77. The number of benzene rings is 2. The van der Waals surface area contributed by atoms with E-state index in [1.54, 1.807) is 23.9 Å². The minimum Gasteiger partial charge on any atom is -0.497 e. The Morgan fingerprint density at radius 3 is 2.86 bits per heavy atom. The molecule has 110 valence electrons. The maximum Gasteiger partial charge on any atom is 0.131 e. The van der Waals surface area contributed by atoms with Gasteiger partial charge in [0.2, 0.25) is 0 Å². The predicted molar refractivity (Wildman–Crippen MR) is 82.9 cm³/mol. The van der Waals surface area contributed by atoms with Crippen molar-refractivity contribution < 1.29 is 9.13 Å². The first-order valence-corrected chi connectivity index (χ1v) is 7.74. The smallest absolute Gasteiger partial charge is 0.131 e. The second-order valence-corrected chi connectivity index (χ2v) is 6.05. The number of methoxy groups -OCH3 is 1. The third-order valence-electron chi connectivity index (χ3n) is 3.86. The molecule has 3 rings (SSSR count). The number of nitrogens with two attached hydrogens (primary N) is 1. The fourth-order valence-corrected chi connectivity index (χ4v) is 4.07. The van der Waals surface area contributed by atoms with Crippen LogP contribution in [0.1, 0.15) is 23.1 Å². The molecule has 0 bridgehead atoms. The average molecular weight is 304 g/mol. The molecule has 0 aliphatic carbocycles. The van der Waals surface area contributed by atoms with Crippen LogP contribution in [0, 0.1) is 5.82 Å². The van der Waals surface area contributed by atoms with E-state index < -0.39 is 0 Å². The van der Waals surface area contributed by atoms with E-state index in [1.165, 1.54) is 23.6 Å². The van der Waals surface area contributed by atoms with Gasteiger partial charge in [-0.15, -0.1) is 11.8 Å². The van der Waals surface area contributed by atoms with Gasteiger partial charge in [-0.2, -0.15) is 0 Å². The van der Waals surface area contributed by atoms with Crippen LogP contribution >= 0.6 is 11.8 Å². The molecule has 0 aromatic heterocycles. The maximum absolute atomic E-state index is 14.3. The zero-order valence-corrected chi connectivity index (χ0v) is 12.5. The number of ether oxygens (including phenoxy) is 1. The first-order valence-electron chi connectivity index (χ1n) is 6.76. The highest BCUT2D eigenvalue weighted by Gasteiger charge is 2.32. The van der Waals surface area contributed by atoms with Crippen LogP contribution in [0.15, 0.2) is 47.4 Å². The van der Waals surface area contributed by atoms with Crippen molar-refractivity contribution in [1.29, 1.82) is 0 Å². The highest BCUT2D eigenvalue weighted by Crippen LogP contribution is 2.45. The van der Waals surface area contributed by atoms with E-state index in [2.05, 4.69) is 17.6 Å². The van der Waals surface area contributed by atoms with E-state index in [-0.39, 0.29) is 17.8 Å². The lowest BCUT2D eigenvalue weighted by atomic mass is 9.88. The van der Waals surface area contributed by atoms with Crippen LogP contribution in [0.5, 0.6) is 5.75 Å². The topological polar surface area (TPSA) is 47.3 Å². The van der Waals surface area contributed by atoms with Gasteiger partial charge in [0.05, 0.1) is 13.2 Å². The van der Waals surface area contributed by atoms with Crippen LogP contribution in [0.25, 0.3) is 0 Å². The Bertz CT molecular complexity index is 650. The Balaban J connectivity index is 1.97. The fraction of sp³-hybridized carbons (Fsp3) is 0.250. The molecule has 3 N–H and O–H groups in total. The number of halogens is 1. The zero-order chi connectivity index (χ0) is 14.8. The van der Waals surface area contributed by atoms with Gasteiger partial charge < -0.3 is 4.74 Å². The molecule has 0 radical (unpaired) electrons. The van der Waals surface area contributed by atoms with Crippen molar-refractivity contribution in [2.24, 2.45) is 5.84 Å². The lowest BCUT2D eigenvalue weighted by Crippen LogP contribution is -2.33. The van der Waals surface area contributed by atoms with Gasteiger partial charge in [-0.3, -0.25) is 11.3 Å². The van der Waals surface area contributed by atoms with Gasteiger partial charge in [0.1, 0.15) is 11.6 Å². The Labute approximate surface area is 127 Å². The lowest BCUT2D eigenvalue weighted by molar-refractivity contribution is 0.407. The lowest BCUT2D eigenvalue weighted by Gasteiger charge is -2.24. The van der Waals surface area contributed by atoms with Crippen molar-refractivity contribution in [3.63, 3.8) is 0 Å². The summed E-state index contributed by atoms with van der Waals surface area (Å²) in [5, 5.41) is 0. The van der Waals surface area contributed by atoms with Gasteiger partial charge >= 0.3 is 0 Å². The van der Waals surface area contributed by atoms with E-state index in [9.17, 15) is 4.39 Å². The molecule has 1 aliphatic rings. The molecule has 0 amide bonds. The molecule has 1 aliphatic heterocycles. The molecular formula is C16H17FN2OS. The van der Waals surface area contributed by atoms with E-state index in [4.69, 9.17) is 10.6 Å². The van der Waals surface area contributed by atoms with Crippen LogP contribution in [0.2, 0.25) is 0 Å². The van der Waals surface area contributed by atoms with Crippen molar-refractivity contribution in [3.8, 4) is 5.75 Å². The van der Waals surface area contributed by atoms with Crippen LogP contribution < -0.4 is 16.0 Å². The summed E-state index contributed by atoms with van der Waals surface area (Å²) in [6.45, 7) is 0. The van der Waals surface area contributed by atoms with Gasteiger partial charge in [-0.1, -0.05) is 24.3 Å². The highest BCUT2D eigenvalue weighted by atomic mass is 32.2. The summed E-state index contributed by atoms with van der Waals surface area (Å²) in [5.41, 5.74) is 4.58. The Hall–Kier alpha value is -1.56. The minimum atomic E-state index is -0.299. The van der Waals surface area contributed by atoms with Gasteiger partial charge in [0, 0.05) is 28.2 Å². The van der Waals surface area contributed by atoms with Gasteiger partial charge in [0.15, 0.2) is 0 Å². The van der Waals surface area contributed by atoms with Crippen molar-refractivity contribution in [1.82, 2.24) is 5.43 Å². The molecule has 1 heterocycles. The second kappa shape index (κ2) is 6.05. The maximum atomic E-state index is 14.3. The van der Waals surface area contributed by atoms with Crippen LogP contribution in [0.4, 0.5) is 4.39 Å². The van der Waals surface area contributed by atoms with Gasteiger partial charge in [-0.25, -0.2) is 4.39 Å². The quantitative estimate of drug-likeness (QED) is 0.672. The molecule has 2 aromatic carbocycles. The Morgan fingerprint density at radius 1 is 1.33 bits per heavy atom. The summed E-state index contributed by atoms with van der Waals surface area (Å²) in [7, 11) is 1.52. The van der Waals surface area contributed by atoms with Crippen LogP contribution in [-0.4, -0.2) is 12.9 Å². The molecule has 0 saturated heterocycles. The number of hydrazine groups is 1. The molecule has 3 nitrogen and oxygen atoms in total. The summed E-state index contributed by atoms with van der Waals surface area (Å²) in [5.74, 6) is 6.97. The normalized spacial score (nSPS) is 18.3. The predicted octanol–water partition coefficient (Wildman–Crippen LogP) is 3.23. The summed E-state index contributed by atoms with van der Waals surface area (Å²) >= 11 is 1.79. The average Bonchev–Trinajstić information content (AvgIpc) is 2.94. The number of thioether (sulfide) groups is 1. The van der Waals surface area contributed by atoms with Crippen molar-refractivity contribution in [2.75, 3.05) is 12.9 Å². The number of nitrogens with one attached hydrogen (secondary N) is 1. The van der Waals surface area contributed by atoms with Crippen molar-refractivity contribution in [2.45, 2.75) is 16.9 Å². The highest BCUT2D eigenvalue weighted by molar-refractivity contribution is 7.99. The van der Waals surface area contributed by atoms with E-state index in [1.807, 2.05) is 12.1 Å². The third-order valence-corrected chi connectivity index (χ3v) is 5.07. The molecule has 2 unspecified atom stereocenters. The number of hydrogen-bond donors (Lipinski definition) is 2. The zero-order valence-electron chi connectivity index (χ0n) is 11.7. The molecule has 2 atom stereocenters.